The Morgan fingerprint density at radius 3 is 1.08 bits per heavy atom. The Morgan fingerprint density at radius 2 is 0.842 bits per heavy atom. The maximum atomic E-state index is 5.15. The quantitative estimate of drug-likeness (QED) is 0.181. The Kier molecular flexibility index (Phi) is 13.2. The van der Waals surface area contributed by atoms with Crippen LogP contribution in [0.5, 0.6) is 0 Å². The summed E-state index contributed by atoms with van der Waals surface area (Å²) in [5.74, 6) is 1.69. The van der Waals surface area contributed by atoms with Crippen LogP contribution in [-0.4, -0.2) is 16.4 Å². The molecule has 0 aliphatic heterocycles. The van der Waals surface area contributed by atoms with Crippen LogP contribution in [0, 0.1) is 0 Å². The van der Waals surface area contributed by atoms with Gasteiger partial charge < -0.3 is 4.98 Å². The number of nitrogens with one attached hydrogen (secondary N) is 1. The first-order valence-electron chi connectivity index (χ1n) is 13.3. The number of aromatic nitrogens is 1. The number of halogens is 2. The van der Waals surface area contributed by atoms with Gasteiger partial charge in [0.15, 0.2) is 0 Å². The van der Waals surface area contributed by atoms with Gasteiger partial charge in [0.05, 0.1) is 34.2 Å². The van der Waals surface area contributed by atoms with Gasteiger partial charge in [0.1, 0.15) is 0 Å². The van der Waals surface area contributed by atoms with Crippen molar-refractivity contribution in [1.82, 2.24) is 4.98 Å². The van der Waals surface area contributed by atoms with Crippen molar-refractivity contribution < 1.29 is 11.3 Å². The molecule has 0 atom stereocenters. The predicted molar refractivity (Wildman–Crippen MR) is 172 cm³/mol. The van der Waals surface area contributed by atoms with Crippen molar-refractivity contribution in [3.8, 4) is 0 Å². The molecule has 0 aliphatic rings. The van der Waals surface area contributed by atoms with Crippen LogP contribution >= 0.6 is 28.2 Å². The van der Waals surface area contributed by atoms with E-state index in [-0.39, 0.29) is 0 Å². The molecule has 0 aliphatic carbocycles. The SMILES string of the molecule is CC(=Nc1c(C(C)C)cccc1C(C)C)c1ccc(C(C)=Nc2c(C(C)C)cccc2C(C)C)[nH]1.[Br][Fe][Br]. The first-order chi connectivity index (χ1) is 17.9. The van der Waals surface area contributed by atoms with Gasteiger partial charge >= 0.3 is 39.6 Å². The maximum absolute atomic E-state index is 5.15. The summed E-state index contributed by atoms with van der Waals surface area (Å²) in [4.78, 5) is 13.9. The minimum atomic E-state index is 0.421. The van der Waals surface area contributed by atoms with Crippen molar-refractivity contribution in [1.29, 1.82) is 0 Å². The van der Waals surface area contributed by atoms with E-state index in [1.165, 1.54) is 22.3 Å². The molecular weight excluding hydrogens is 642 g/mol. The van der Waals surface area contributed by atoms with Crippen LogP contribution in [-0.2, 0) is 11.3 Å². The first-order valence-corrected chi connectivity index (χ1v) is 18.8. The standard InChI is InChI=1S/C32H43N3.2BrH.Fe/c1-19(2)25-13-11-14-26(20(3)4)31(25)33-23(9)29-17-18-30(35-29)24(10)34-32-27(21(5)6)15-12-16-28(32)22(7)8;;;/h11-22,35H,1-10H3;2*1H;/q;;;+2/p-2. The molecule has 0 amide bonds. The number of aromatic amines is 1. The van der Waals surface area contributed by atoms with Gasteiger partial charge in [0, 0.05) is 0 Å². The van der Waals surface area contributed by atoms with E-state index in [4.69, 9.17) is 9.98 Å². The third-order valence-electron chi connectivity index (χ3n) is 6.71. The average molecular weight is 685 g/mol. The zero-order valence-electron chi connectivity index (χ0n) is 24.4. The van der Waals surface area contributed by atoms with E-state index >= 15 is 0 Å². The number of benzene rings is 2. The summed E-state index contributed by atoms with van der Waals surface area (Å²) in [5.41, 5.74) is 11.5. The molecule has 3 rings (SSSR count). The summed E-state index contributed by atoms with van der Waals surface area (Å²) in [6, 6.07) is 17.4. The van der Waals surface area contributed by atoms with Gasteiger partial charge in [-0.1, -0.05) is 91.8 Å². The van der Waals surface area contributed by atoms with Crippen molar-refractivity contribution in [2.75, 3.05) is 0 Å². The topological polar surface area (TPSA) is 40.5 Å². The van der Waals surface area contributed by atoms with E-state index in [1.54, 1.807) is 0 Å². The van der Waals surface area contributed by atoms with Gasteiger partial charge in [0.25, 0.3) is 0 Å². The van der Waals surface area contributed by atoms with Crippen LogP contribution in [0.15, 0.2) is 58.5 Å². The van der Waals surface area contributed by atoms with E-state index in [9.17, 15) is 0 Å². The van der Waals surface area contributed by atoms with Crippen molar-refractivity contribution in [3.05, 3.63) is 82.2 Å². The van der Waals surface area contributed by atoms with Gasteiger partial charge in [-0.15, -0.1) is 0 Å². The molecule has 3 nitrogen and oxygen atoms in total. The molecule has 0 spiro atoms. The number of rotatable bonds is 8. The van der Waals surface area contributed by atoms with Gasteiger partial charge in [-0.3, -0.25) is 9.98 Å². The van der Waals surface area contributed by atoms with Crippen LogP contribution in [0.25, 0.3) is 0 Å². The molecule has 0 bridgehead atoms. The van der Waals surface area contributed by atoms with Crippen LogP contribution < -0.4 is 0 Å². The second kappa shape index (κ2) is 15.4. The summed E-state index contributed by atoms with van der Waals surface area (Å²) in [5, 5.41) is 0. The zero-order valence-corrected chi connectivity index (χ0v) is 28.7. The molecule has 6 heteroatoms. The summed E-state index contributed by atoms with van der Waals surface area (Å²) < 4.78 is 0. The molecule has 0 fully saturated rings. The number of hydrogen-bond acceptors (Lipinski definition) is 2. The predicted octanol–water partition coefficient (Wildman–Crippen LogP) is 11.5. The summed E-state index contributed by atoms with van der Waals surface area (Å²) in [7, 11) is 0. The van der Waals surface area contributed by atoms with Gasteiger partial charge in [-0.05, 0) is 71.9 Å². The molecule has 0 radical (unpaired) electrons. The Labute approximate surface area is 251 Å². The van der Waals surface area contributed by atoms with Crippen LogP contribution in [0.4, 0.5) is 11.4 Å². The number of hydrogen-bond donors (Lipinski definition) is 1. The van der Waals surface area contributed by atoms with E-state index < -0.39 is 0 Å². The number of para-hydroxylation sites is 2. The zero-order chi connectivity index (χ0) is 28.6. The monoisotopic (exact) mass is 683 g/mol. The van der Waals surface area contributed by atoms with Gasteiger partial charge in [0.2, 0.25) is 0 Å². The van der Waals surface area contributed by atoms with Crippen molar-refractivity contribution in [2.24, 2.45) is 9.98 Å². The van der Waals surface area contributed by atoms with Gasteiger partial charge in [-0.2, -0.15) is 0 Å². The molecule has 3 aromatic rings. The molecule has 38 heavy (non-hydrogen) atoms. The average Bonchev–Trinajstić information content (AvgIpc) is 3.35. The van der Waals surface area contributed by atoms with Crippen LogP contribution in [0.1, 0.15) is 127 Å². The van der Waals surface area contributed by atoms with Crippen LogP contribution in [0.2, 0.25) is 0 Å². The fourth-order valence-corrected chi connectivity index (χ4v) is 4.55. The van der Waals surface area contributed by atoms with E-state index in [0.717, 1.165) is 45.5 Å². The summed E-state index contributed by atoms with van der Waals surface area (Å²) in [6.45, 7) is 22.1. The van der Waals surface area contributed by atoms with E-state index in [0.29, 0.717) is 23.7 Å². The van der Waals surface area contributed by atoms with Crippen molar-refractivity contribution in [2.45, 2.75) is 92.9 Å². The molecule has 0 saturated carbocycles. The van der Waals surface area contributed by atoms with Gasteiger partial charge in [-0.25, -0.2) is 0 Å². The number of H-pyrrole nitrogens is 1. The minimum absolute atomic E-state index is 0.421. The first kappa shape index (κ1) is 32.7. The molecule has 2 aromatic carbocycles. The molecular formula is C32H43Br2FeN3. The molecule has 208 valence electrons. The summed E-state index contributed by atoms with van der Waals surface area (Å²) >= 11 is 7.00. The fourth-order valence-electron chi connectivity index (χ4n) is 4.55. The Balaban J connectivity index is 0.00000161. The van der Waals surface area contributed by atoms with E-state index in [2.05, 4.69) is 151 Å². The Hall–Kier alpha value is -1.46. The number of nitrogens with zero attached hydrogens (tertiary/aromatic N) is 2. The van der Waals surface area contributed by atoms with Crippen molar-refractivity contribution in [3.63, 3.8) is 0 Å². The summed E-state index contributed by atoms with van der Waals surface area (Å²) in [6.07, 6.45) is 0. The Morgan fingerprint density at radius 1 is 0.579 bits per heavy atom. The van der Waals surface area contributed by atoms with Crippen molar-refractivity contribution >= 4 is 51.0 Å². The number of aliphatic imine (C=N–C) groups is 2. The Bertz CT molecular complexity index is 1110. The van der Waals surface area contributed by atoms with E-state index in [1.807, 2.05) is 0 Å². The second-order valence-electron chi connectivity index (χ2n) is 10.9. The molecule has 0 saturated heterocycles. The second-order valence-corrected chi connectivity index (χ2v) is 16.5. The molecule has 1 N–H and O–H groups in total. The molecule has 1 heterocycles. The third kappa shape index (κ3) is 8.52. The third-order valence-corrected chi connectivity index (χ3v) is 6.71. The normalized spacial score (nSPS) is 12.6. The molecule has 0 unspecified atom stereocenters. The molecule has 1 aromatic heterocycles. The van der Waals surface area contributed by atoms with Crippen LogP contribution in [0.3, 0.4) is 0 Å². The fraction of sp³-hybridized carbons (Fsp3) is 0.438.